The van der Waals surface area contributed by atoms with Crippen molar-refractivity contribution in [2.75, 3.05) is 0 Å². The van der Waals surface area contributed by atoms with Gasteiger partial charge < -0.3 is 9.31 Å². The average Bonchev–Trinajstić information content (AvgIpc) is 1.71. The molecule has 0 bridgehead atoms. The summed E-state index contributed by atoms with van der Waals surface area (Å²) in [5, 5.41) is 0. The van der Waals surface area contributed by atoms with Gasteiger partial charge in [0.1, 0.15) is 0 Å². The van der Waals surface area contributed by atoms with E-state index in [-0.39, 0.29) is 0 Å². The van der Waals surface area contributed by atoms with Crippen LogP contribution in [-0.4, -0.2) is 58.2 Å². The third-order valence-corrected chi connectivity index (χ3v) is 21.4. The summed E-state index contributed by atoms with van der Waals surface area (Å²) in [7, 11) is -0.461. The highest BCUT2D eigenvalue weighted by Crippen LogP contribution is 2.42. The molecule has 13 heteroatoms. The lowest BCUT2D eigenvalue weighted by molar-refractivity contribution is 0.00578. The van der Waals surface area contributed by atoms with Crippen molar-refractivity contribution in [1.29, 1.82) is 0 Å². The first-order valence-corrected chi connectivity index (χ1v) is 38.9. The van der Waals surface area contributed by atoms with Crippen LogP contribution in [0.1, 0.15) is 27.7 Å². The number of halogens is 2. The summed E-state index contributed by atoms with van der Waals surface area (Å²) < 4.78 is 14.9. The predicted octanol–water partition coefficient (Wildman–Crippen LogP) is 25.4. The van der Waals surface area contributed by atoms with Crippen molar-refractivity contribution in [1.82, 2.24) is 39.9 Å². The minimum Gasteiger partial charge on any atom is -0.399 e. The lowest BCUT2D eigenvalue weighted by atomic mass is 9.76. The van der Waals surface area contributed by atoms with Crippen LogP contribution in [0.4, 0.5) is 0 Å². The first-order chi connectivity index (χ1) is 55.2. The smallest absolute Gasteiger partial charge is 0.399 e. The number of nitrogens with zero attached hydrogens (tertiary/aromatic N) is 8. The standard InChI is InChI=1S/C61H41N5.C34H31BN2O2.C5H3Br2N/c1-9-42(50-17-5-21-62-36-50)25-46(13-1)54-29-55(47-14-2-10-43(26-47)51-18-6-22-63-37-51)32-58(31-54)60-35-61(41-66-40-60)59-33-56(48-15-3-11-44(27-48)52-19-7-23-64-38-52)30-57(34-59)49-16-4-12-45(28-49)53-20-8-24-65-39-53;1-33(2)34(3,4)39-35(38-33)32-20-30(26-11-5-9-24(17-26)28-13-7-15-36-22-28)19-31(21-32)27-12-6-10-25(18-27)29-14-8-16-37-23-29;6-4-1-5(7)3-8-2-4/h1-41H;5-23H,1-4H3;1-3H. The number of hydrogen-bond donors (Lipinski definition) is 0. The maximum atomic E-state index is 6.48. The van der Waals surface area contributed by atoms with Crippen molar-refractivity contribution in [2.24, 2.45) is 0 Å². The Balaban J connectivity index is 0.000000172. The zero-order chi connectivity index (χ0) is 77.1. The lowest BCUT2D eigenvalue weighted by Gasteiger charge is -2.32. The van der Waals surface area contributed by atoms with Crippen LogP contribution in [0.25, 0.3) is 156 Å². The zero-order valence-electron chi connectivity index (χ0n) is 62.6. The fourth-order valence-electron chi connectivity index (χ4n) is 14.0. The molecule has 9 heterocycles. The molecule has 0 N–H and O–H groups in total. The largest absolute Gasteiger partial charge is 0.494 e. The van der Waals surface area contributed by atoms with E-state index < -0.39 is 18.3 Å². The number of pyridine rings is 8. The van der Waals surface area contributed by atoms with E-state index >= 15 is 0 Å². The first kappa shape index (κ1) is 74.2. The number of rotatable bonds is 15. The molecule has 0 atom stereocenters. The van der Waals surface area contributed by atoms with E-state index in [4.69, 9.17) is 14.3 Å². The number of benzene rings is 9. The highest BCUT2D eigenvalue weighted by atomic mass is 79.9. The van der Waals surface area contributed by atoms with Crippen LogP contribution in [-0.2, 0) is 9.31 Å². The minimum absolute atomic E-state index is 0.422. The Kier molecular flexibility index (Phi) is 22.2. The molecule has 1 aliphatic rings. The second-order valence-electron chi connectivity index (χ2n) is 28.7. The summed E-state index contributed by atoms with van der Waals surface area (Å²) in [5.41, 5.74) is 30.9. The molecule has 0 amide bonds. The summed E-state index contributed by atoms with van der Waals surface area (Å²) in [6.45, 7) is 8.36. The van der Waals surface area contributed by atoms with Gasteiger partial charge in [-0.05, 0) is 304 Å². The van der Waals surface area contributed by atoms with Crippen LogP contribution in [0, 0.1) is 0 Å². The Hall–Kier alpha value is -12.9. The van der Waals surface area contributed by atoms with E-state index in [2.05, 4.69) is 337 Å². The molecule has 10 nitrogen and oxygen atoms in total. The maximum absolute atomic E-state index is 6.48. The summed E-state index contributed by atoms with van der Waals surface area (Å²) in [4.78, 5) is 35.0. The molecule has 0 radical (unpaired) electrons. The van der Waals surface area contributed by atoms with Crippen LogP contribution in [0.5, 0.6) is 0 Å². The Labute approximate surface area is 676 Å². The fourth-order valence-corrected chi connectivity index (χ4v) is 15.0. The van der Waals surface area contributed by atoms with E-state index in [0.717, 1.165) is 170 Å². The minimum atomic E-state index is -0.461. The van der Waals surface area contributed by atoms with Gasteiger partial charge in [0.25, 0.3) is 0 Å². The van der Waals surface area contributed by atoms with Gasteiger partial charge in [0.2, 0.25) is 0 Å². The maximum Gasteiger partial charge on any atom is 0.494 e. The molecule has 1 fully saturated rings. The second-order valence-corrected chi connectivity index (χ2v) is 30.6. The molecule has 17 aromatic rings. The molecule has 0 spiro atoms. The van der Waals surface area contributed by atoms with Crippen molar-refractivity contribution < 1.29 is 9.31 Å². The predicted molar refractivity (Wildman–Crippen MR) is 469 cm³/mol. The van der Waals surface area contributed by atoms with Gasteiger partial charge in [-0.25, -0.2) is 0 Å². The molecule has 8 aromatic heterocycles. The Bertz CT molecular complexity index is 5620. The van der Waals surface area contributed by atoms with Crippen LogP contribution in [0.15, 0.2) is 393 Å². The van der Waals surface area contributed by atoms with Gasteiger partial charge >= 0.3 is 7.12 Å². The fraction of sp³-hybridized carbons (Fsp3) is 0.0600. The van der Waals surface area contributed by atoms with Crippen molar-refractivity contribution in [3.05, 3.63) is 393 Å². The van der Waals surface area contributed by atoms with Crippen LogP contribution < -0.4 is 5.46 Å². The zero-order valence-corrected chi connectivity index (χ0v) is 65.8. The Morgan fingerprint density at radius 3 is 0.584 bits per heavy atom. The quantitative estimate of drug-likeness (QED) is 0.0917. The second kappa shape index (κ2) is 33.8. The van der Waals surface area contributed by atoms with Gasteiger partial charge in [-0.2, -0.15) is 0 Å². The van der Waals surface area contributed by atoms with Gasteiger partial charge in [0, 0.05) is 153 Å². The molecular formula is C100H75BBr2N8O2. The van der Waals surface area contributed by atoms with Gasteiger partial charge in [-0.3, -0.25) is 39.9 Å². The average molecular weight is 1590 g/mol. The van der Waals surface area contributed by atoms with Crippen molar-refractivity contribution in [2.45, 2.75) is 38.9 Å². The topological polar surface area (TPSA) is 122 Å². The number of hydrogen-bond acceptors (Lipinski definition) is 10. The normalized spacial score (nSPS) is 12.6. The molecule has 113 heavy (non-hydrogen) atoms. The molecule has 9 aromatic carbocycles. The Morgan fingerprint density at radius 1 is 0.195 bits per heavy atom. The third-order valence-electron chi connectivity index (χ3n) is 20.6. The highest BCUT2D eigenvalue weighted by Gasteiger charge is 2.52. The summed E-state index contributed by atoms with van der Waals surface area (Å²) in [6.07, 6.45) is 29.7. The first-order valence-electron chi connectivity index (χ1n) is 37.3. The van der Waals surface area contributed by atoms with Crippen molar-refractivity contribution in [3.8, 4) is 156 Å². The number of aromatic nitrogens is 8. The van der Waals surface area contributed by atoms with Gasteiger partial charge in [-0.1, -0.05) is 158 Å². The SMILES string of the molecule is Brc1cncc(Br)c1.CC1(C)OB(c2cc(-c3cccc(-c4cccnc4)c3)cc(-c3cccc(-c4cccnc4)c3)c2)OC1(C)C.c1cncc(-c2cccc(-c3cc(-c4cccc(-c5cccnc5)c4)cc(-c4cncc(-c5cc(-c6cccc(-c7cccnc7)c6)cc(-c6cccc(-c7cccnc7)c6)c5)c4)c3)c2)c1. The molecule has 0 saturated carbocycles. The summed E-state index contributed by atoms with van der Waals surface area (Å²) >= 11 is 6.54. The van der Waals surface area contributed by atoms with E-state index in [1.807, 2.05) is 117 Å². The van der Waals surface area contributed by atoms with E-state index in [1.165, 1.54) is 0 Å². The van der Waals surface area contributed by atoms with Crippen molar-refractivity contribution >= 4 is 44.4 Å². The molecule has 0 aliphatic carbocycles. The molecule has 544 valence electrons. The lowest BCUT2D eigenvalue weighted by Crippen LogP contribution is -2.41. The monoisotopic (exact) mass is 1590 g/mol. The summed E-state index contributed by atoms with van der Waals surface area (Å²) in [6, 6.07) is 101. The Morgan fingerprint density at radius 2 is 0.372 bits per heavy atom. The third kappa shape index (κ3) is 17.7. The molecule has 18 rings (SSSR count). The van der Waals surface area contributed by atoms with E-state index in [0.29, 0.717) is 0 Å². The van der Waals surface area contributed by atoms with Gasteiger partial charge in [0.15, 0.2) is 0 Å². The van der Waals surface area contributed by atoms with Gasteiger partial charge in [-0.15, -0.1) is 0 Å². The van der Waals surface area contributed by atoms with Crippen LogP contribution in [0.3, 0.4) is 0 Å². The molecular weight excluding hydrogens is 1520 g/mol. The molecule has 0 unspecified atom stereocenters. The van der Waals surface area contributed by atoms with Crippen molar-refractivity contribution in [3.63, 3.8) is 0 Å². The molecule has 1 aliphatic heterocycles. The van der Waals surface area contributed by atoms with E-state index in [1.54, 1.807) is 24.8 Å². The highest BCUT2D eigenvalue weighted by molar-refractivity contribution is 9.11. The summed E-state index contributed by atoms with van der Waals surface area (Å²) in [5.74, 6) is 0. The molecule has 1 saturated heterocycles. The van der Waals surface area contributed by atoms with Crippen LogP contribution in [0.2, 0.25) is 0 Å². The van der Waals surface area contributed by atoms with Gasteiger partial charge in [0.05, 0.1) is 11.2 Å². The van der Waals surface area contributed by atoms with E-state index in [9.17, 15) is 0 Å². The van der Waals surface area contributed by atoms with Crippen LogP contribution >= 0.6 is 31.9 Å².